The second-order valence-corrected chi connectivity index (χ2v) is 9.06. The Morgan fingerprint density at radius 3 is 2.64 bits per heavy atom. The van der Waals surface area contributed by atoms with Gasteiger partial charge in [-0.15, -0.1) is 11.3 Å². The van der Waals surface area contributed by atoms with Crippen molar-refractivity contribution in [1.82, 2.24) is 15.3 Å². The number of benzene rings is 1. The van der Waals surface area contributed by atoms with Crippen LogP contribution < -0.4 is 10.9 Å². The molecule has 1 aliphatic carbocycles. The molecule has 1 aromatic carbocycles. The summed E-state index contributed by atoms with van der Waals surface area (Å²) in [6.07, 6.45) is 3.22. The van der Waals surface area contributed by atoms with Gasteiger partial charge in [-0.25, -0.2) is 4.98 Å². The van der Waals surface area contributed by atoms with Crippen LogP contribution in [0.2, 0.25) is 5.02 Å². The number of thiophene rings is 1. The number of rotatable bonds is 5. The number of nitrogens with one attached hydrogen (secondary N) is 2. The summed E-state index contributed by atoms with van der Waals surface area (Å²) in [5, 5.41) is 4.38. The number of carbonyl (C=O) groups is 1. The maximum Gasteiger partial charge on any atom is 0.259 e. The highest BCUT2D eigenvalue weighted by Crippen LogP contribution is 2.44. The van der Waals surface area contributed by atoms with E-state index < -0.39 is 5.41 Å². The zero-order chi connectivity index (χ0) is 19.9. The van der Waals surface area contributed by atoms with Crippen LogP contribution in [0.25, 0.3) is 10.2 Å². The van der Waals surface area contributed by atoms with Gasteiger partial charge in [-0.1, -0.05) is 30.2 Å². The molecular formula is C21H22ClN3O2S. The van der Waals surface area contributed by atoms with Gasteiger partial charge in [0.1, 0.15) is 10.7 Å². The molecule has 4 rings (SSSR count). The Hall–Kier alpha value is -2.18. The Balaban J connectivity index is 1.46. The fourth-order valence-corrected chi connectivity index (χ4v) is 5.00. The maximum atomic E-state index is 12.9. The van der Waals surface area contributed by atoms with Gasteiger partial charge >= 0.3 is 0 Å². The number of hydrogen-bond acceptors (Lipinski definition) is 4. The Labute approximate surface area is 172 Å². The molecule has 2 N–H and O–H groups in total. The zero-order valence-corrected chi connectivity index (χ0v) is 17.5. The molecule has 1 fully saturated rings. The van der Waals surface area contributed by atoms with Crippen LogP contribution in [0.3, 0.4) is 0 Å². The predicted molar refractivity (Wildman–Crippen MR) is 113 cm³/mol. The van der Waals surface area contributed by atoms with E-state index in [1.165, 1.54) is 11.3 Å². The van der Waals surface area contributed by atoms with E-state index in [-0.39, 0.29) is 11.5 Å². The van der Waals surface area contributed by atoms with Crippen LogP contribution in [0.1, 0.15) is 41.1 Å². The van der Waals surface area contributed by atoms with E-state index in [1.54, 1.807) is 0 Å². The van der Waals surface area contributed by atoms with Gasteiger partial charge in [0.15, 0.2) is 0 Å². The third-order valence-corrected chi connectivity index (χ3v) is 7.13. The van der Waals surface area contributed by atoms with E-state index in [9.17, 15) is 9.59 Å². The molecule has 146 valence electrons. The molecule has 0 unspecified atom stereocenters. The number of aromatic amines is 1. The first-order valence-corrected chi connectivity index (χ1v) is 10.6. The van der Waals surface area contributed by atoms with E-state index in [1.807, 2.05) is 38.1 Å². The summed E-state index contributed by atoms with van der Waals surface area (Å²) in [4.78, 5) is 34.6. The minimum Gasteiger partial charge on any atom is -0.355 e. The number of amides is 1. The summed E-state index contributed by atoms with van der Waals surface area (Å²) < 4.78 is 0. The molecule has 3 aromatic rings. The number of H-pyrrole nitrogens is 1. The van der Waals surface area contributed by atoms with Crippen LogP contribution in [0, 0.1) is 13.8 Å². The molecule has 0 saturated heterocycles. The minimum absolute atomic E-state index is 0.0345. The van der Waals surface area contributed by atoms with Crippen LogP contribution in [0.5, 0.6) is 0 Å². The summed E-state index contributed by atoms with van der Waals surface area (Å²) in [6, 6.07) is 7.54. The Morgan fingerprint density at radius 2 is 2.00 bits per heavy atom. The predicted octanol–water partition coefficient (Wildman–Crippen LogP) is 4.04. The summed E-state index contributed by atoms with van der Waals surface area (Å²) in [5.41, 5.74) is 1.43. The second-order valence-electron chi connectivity index (χ2n) is 7.42. The Bertz CT molecular complexity index is 1100. The highest BCUT2D eigenvalue weighted by atomic mass is 35.5. The largest absolute Gasteiger partial charge is 0.355 e. The number of halogens is 1. The van der Waals surface area contributed by atoms with Crippen LogP contribution >= 0.6 is 22.9 Å². The topological polar surface area (TPSA) is 74.8 Å². The van der Waals surface area contributed by atoms with Crippen molar-refractivity contribution in [2.24, 2.45) is 0 Å². The van der Waals surface area contributed by atoms with E-state index in [2.05, 4.69) is 15.3 Å². The quantitative estimate of drug-likeness (QED) is 0.660. The van der Waals surface area contributed by atoms with Crippen LogP contribution in [0.15, 0.2) is 29.1 Å². The smallest absolute Gasteiger partial charge is 0.259 e. The third-order valence-electron chi connectivity index (χ3n) is 5.77. The number of nitrogens with zero attached hydrogens (tertiary/aromatic N) is 1. The number of carbonyl (C=O) groups excluding carboxylic acids is 1. The van der Waals surface area contributed by atoms with Crippen molar-refractivity contribution >= 4 is 39.1 Å². The molecule has 1 amide bonds. The summed E-state index contributed by atoms with van der Waals surface area (Å²) >= 11 is 7.52. The number of aryl methyl sites for hydroxylation is 2. The standard InChI is InChI=1S/C21H22ClN3O2S/c1-12-13(2)28-19-17(12)18(26)24-16(25-19)8-11-23-20(27)21(9-3-10-21)14-4-6-15(22)7-5-14/h4-7H,3,8-11H2,1-2H3,(H,23,27)(H,24,25,26). The van der Waals surface area contributed by atoms with Gasteiger partial charge in [-0.05, 0) is 49.9 Å². The van der Waals surface area contributed by atoms with Crippen LogP contribution in [-0.2, 0) is 16.6 Å². The van der Waals surface area contributed by atoms with Crippen LogP contribution in [-0.4, -0.2) is 22.4 Å². The van der Waals surface area contributed by atoms with Crippen molar-refractivity contribution in [3.05, 3.63) is 61.5 Å². The molecule has 0 atom stereocenters. The van der Waals surface area contributed by atoms with Gasteiger partial charge in [-0.2, -0.15) is 0 Å². The Morgan fingerprint density at radius 1 is 1.29 bits per heavy atom. The molecular weight excluding hydrogens is 394 g/mol. The highest BCUT2D eigenvalue weighted by Gasteiger charge is 2.45. The van der Waals surface area contributed by atoms with Gasteiger partial charge in [0.05, 0.1) is 10.8 Å². The molecule has 2 heterocycles. The molecule has 5 nitrogen and oxygen atoms in total. The van der Waals surface area contributed by atoms with E-state index >= 15 is 0 Å². The molecule has 28 heavy (non-hydrogen) atoms. The summed E-state index contributed by atoms with van der Waals surface area (Å²) in [6.45, 7) is 4.38. The first-order valence-electron chi connectivity index (χ1n) is 9.44. The van der Waals surface area contributed by atoms with Crippen LogP contribution in [0.4, 0.5) is 0 Å². The molecule has 0 aliphatic heterocycles. The van der Waals surface area contributed by atoms with Crippen molar-refractivity contribution in [2.75, 3.05) is 6.54 Å². The van der Waals surface area contributed by atoms with Crippen molar-refractivity contribution in [1.29, 1.82) is 0 Å². The summed E-state index contributed by atoms with van der Waals surface area (Å²) in [5.74, 6) is 0.639. The minimum atomic E-state index is -0.461. The molecule has 0 radical (unpaired) electrons. The lowest BCUT2D eigenvalue weighted by molar-refractivity contribution is -0.129. The van der Waals surface area contributed by atoms with Crippen molar-refractivity contribution in [3.8, 4) is 0 Å². The highest BCUT2D eigenvalue weighted by molar-refractivity contribution is 7.18. The fourth-order valence-electron chi connectivity index (χ4n) is 3.83. The molecule has 0 bridgehead atoms. The average molecular weight is 416 g/mol. The van der Waals surface area contributed by atoms with Gasteiger partial charge in [-0.3, -0.25) is 9.59 Å². The number of hydrogen-bond donors (Lipinski definition) is 2. The lowest BCUT2D eigenvalue weighted by Crippen LogP contribution is -2.49. The number of fused-ring (bicyclic) bond motifs is 1. The monoisotopic (exact) mass is 415 g/mol. The van der Waals surface area contributed by atoms with E-state index in [4.69, 9.17) is 11.6 Å². The lowest BCUT2D eigenvalue weighted by Gasteiger charge is -2.40. The van der Waals surface area contributed by atoms with Crippen molar-refractivity contribution < 1.29 is 4.79 Å². The molecule has 1 aliphatic rings. The van der Waals surface area contributed by atoms with Crippen molar-refractivity contribution in [3.63, 3.8) is 0 Å². The lowest BCUT2D eigenvalue weighted by atomic mass is 9.64. The molecule has 2 aromatic heterocycles. The van der Waals surface area contributed by atoms with Gasteiger partial charge in [0, 0.05) is 22.9 Å². The normalized spacial score (nSPS) is 15.4. The SMILES string of the molecule is Cc1sc2nc(CCNC(=O)C3(c4ccc(Cl)cc4)CCC3)[nH]c(=O)c2c1C. The zero-order valence-electron chi connectivity index (χ0n) is 15.9. The van der Waals surface area contributed by atoms with Gasteiger partial charge in [0.25, 0.3) is 5.56 Å². The van der Waals surface area contributed by atoms with Crippen molar-refractivity contribution in [2.45, 2.75) is 44.9 Å². The first-order chi connectivity index (χ1) is 13.4. The second kappa shape index (κ2) is 7.33. The molecule has 1 saturated carbocycles. The summed E-state index contributed by atoms with van der Waals surface area (Å²) in [7, 11) is 0. The fraction of sp³-hybridized carbons (Fsp3) is 0.381. The van der Waals surface area contributed by atoms with Gasteiger partial charge in [0.2, 0.25) is 5.91 Å². The number of aromatic nitrogens is 2. The van der Waals surface area contributed by atoms with E-state index in [0.29, 0.717) is 29.2 Å². The molecule has 0 spiro atoms. The Kier molecular flexibility index (Phi) is 5.02. The average Bonchev–Trinajstić information content (AvgIpc) is 2.90. The third kappa shape index (κ3) is 3.25. The van der Waals surface area contributed by atoms with E-state index in [0.717, 1.165) is 40.1 Å². The first kappa shape index (κ1) is 19.2. The maximum absolute atomic E-state index is 12.9. The molecule has 7 heteroatoms. The van der Waals surface area contributed by atoms with Gasteiger partial charge < -0.3 is 10.3 Å².